The largest absolute Gasteiger partial charge is 0.492 e. The Labute approximate surface area is 123 Å². The van der Waals surface area contributed by atoms with E-state index in [1.54, 1.807) is 0 Å². The number of ether oxygens (including phenoxy) is 1. The average Bonchev–Trinajstić information content (AvgIpc) is 3.14. The van der Waals surface area contributed by atoms with E-state index < -0.39 is 0 Å². The van der Waals surface area contributed by atoms with Crippen LogP contribution in [0.4, 0.5) is 0 Å². The highest BCUT2D eigenvalue weighted by Crippen LogP contribution is 2.37. The maximum Gasteiger partial charge on any atom is 0.237 e. The third-order valence-corrected chi connectivity index (χ3v) is 4.35. The molecule has 0 amide bonds. The fourth-order valence-electron chi connectivity index (χ4n) is 3.22. The summed E-state index contributed by atoms with van der Waals surface area (Å²) in [5.74, 6) is 3.13. The summed E-state index contributed by atoms with van der Waals surface area (Å²) in [5, 5.41) is 7.58. The molecule has 2 aromatic rings. The first kappa shape index (κ1) is 12.8. The van der Waals surface area contributed by atoms with Gasteiger partial charge in [-0.3, -0.25) is 0 Å². The second kappa shape index (κ2) is 5.48. The number of piperidine rings is 1. The number of nitrogens with zero attached hydrogens (tertiary/aromatic N) is 2. The number of fused-ring (bicyclic) bond motifs is 1. The van der Waals surface area contributed by atoms with Crippen molar-refractivity contribution in [3.63, 3.8) is 0 Å². The van der Waals surface area contributed by atoms with Crippen LogP contribution in [-0.2, 0) is 6.42 Å². The minimum absolute atomic E-state index is 0.0759. The first-order valence-corrected chi connectivity index (χ1v) is 7.65. The Morgan fingerprint density at radius 3 is 3.14 bits per heavy atom. The normalized spacial score (nSPS) is 24.6. The van der Waals surface area contributed by atoms with Crippen LogP contribution in [0, 0.1) is 5.92 Å². The SMILES string of the molecule is c1ccc2c(c1)OCC2c1nc(CC2CCCNC2)no1. The second-order valence-electron chi connectivity index (χ2n) is 5.87. The molecule has 2 unspecified atom stereocenters. The molecule has 1 aromatic carbocycles. The lowest BCUT2D eigenvalue weighted by atomic mass is 9.96. The molecule has 4 rings (SSSR count). The first-order valence-electron chi connectivity index (χ1n) is 7.65. The molecule has 0 aliphatic carbocycles. The number of para-hydroxylation sites is 1. The molecule has 2 atom stereocenters. The number of hydrogen-bond donors (Lipinski definition) is 1. The Kier molecular flexibility index (Phi) is 3.35. The molecule has 1 N–H and O–H groups in total. The summed E-state index contributed by atoms with van der Waals surface area (Å²) in [6.45, 7) is 2.77. The molecule has 21 heavy (non-hydrogen) atoms. The third-order valence-electron chi connectivity index (χ3n) is 4.35. The Bertz CT molecular complexity index is 619. The Morgan fingerprint density at radius 1 is 1.29 bits per heavy atom. The first-order chi connectivity index (χ1) is 10.4. The molecule has 0 radical (unpaired) electrons. The van der Waals surface area contributed by atoms with Crippen molar-refractivity contribution in [2.45, 2.75) is 25.2 Å². The van der Waals surface area contributed by atoms with Crippen LogP contribution in [0.5, 0.6) is 5.75 Å². The highest BCUT2D eigenvalue weighted by molar-refractivity contribution is 5.42. The van der Waals surface area contributed by atoms with Gasteiger partial charge < -0.3 is 14.6 Å². The topological polar surface area (TPSA) is 60.2 Å². The third kappa shape index (κ3) is 2.53. The molecule has 0 spiro atoms. The predicted molar refractivity (Wildman–Crippen MR) is 77.4 cm³/mol. The fourth-order valence-corrected chi connectivity index (χ4v) is 3.22. The van der Waals surface area contributed by atoms with Gasteiger partial charge in [0.05, 0.1) is 0 Å². The van der Waals surface area contributed by atoms with Gasteiger partial charge in [0, 0.05) is 12.0 Å². The number of nitrogens with one attached hydrogen (secondary N) is 1. The summed E-state index contributed by atoms with van der Waals surface area (Å²) in [6.07, 6.45) is 3.37. The van der Waals surface area contributed by atoms with Crippen LogP contribution in [0.1, 0.15) is 36.0 Å². The summed E-state index contributed by atoms with van der Waals surface area (Å²) in [5.41, 5.74) is 1.15. The lowest BCUT2D eigenvalue weighted by molar-refractivity contribution is 0.303. The summed E-state index contributed by atoms with van der Waals surface area (Å²) in [6, 6.07) is 8.06. The van der Waals surface area contributed by atoms with Gasteiger partial charge in [-0.2, -0.15) is 4.98 Å². The van der Waals surface area contributed by atoms with E-state index >= 15 is 0 Å². The van der Waals surface area contributed by atoms with Crippen molar-refractivity contribution in [3.8, 4) is 5.75 Å². The average molecular weight is 285 g/mol. The van der Waals surface area contributed by atoms with Crippen molar-refractivity contribution in [2.75, 3.05) is 19.7 Å². The number of aromatic nitrogens is 2. The monoisotopic (exact) mass is 285 g/mol. The van der Waals surface area contributed by atoms with Crippen molar-refractivity contribution in [2.24, 2.45) is 5.92 Å². The van der Waals surface area contributed by atoms with Gasteiger partial charge in [-0.25, -0.2) is 0 Å². The Balaban J connectivity index is 1.50. The van der Waals surface area contributed by atoms with E-state index in [0.717, 1.165) is 36.6 Å². The zero-order valence-corrected chi connectivity index (χ0v) is 11.9. The molecule has 1 saturated heterocycles. The van der Waals surface area contributed by atoms with Gasteiger partial charge in [0.15, 0.2) is 5.82 Å². The minimum atomic E-state index is 0.0759. The van der Waals surface area contributed by atoms with Crippen LogP contribution < -0.4 is 10.1 Å². The maximum absolute atomic E-state index is 5.69. The van der Waals surface area contributed by atoms with Crippen LogP contribution in [0.3, 0.4) is 0 Å². The molecule has 0 saturated carbocycles. The molecule has 110 valence electrons. The van der Waals surface area contributed by atoms with E-state index in [9.17, 15) is 0 Å². The van der Waals surface area contributed by atoms with Gasteiger partial charge in [0.2, 0.25) is 5.89 Å². The molecule has 3 heterocycles. The molecule has 5 nitrogen and oxygen atoms in total. The second-order valence-corrected chi connectivity index (χ2v) is 5.87. The number of benzene rings is 1. The number of hydrogen-bond acceptors (Lipinski definition) is 5. The van der Waals surface area contributed by atoms with Gasteiger partial charge in [-0.1, -0.05) is 23.4 Å². The van der Waals surface area contributed by atoms with Crippen molar-refractivity contribution >= 4 is 0 Å². The van der Waals surface area contributed by atoms with Gasteiger partial charge >= 0.3 is 0 Å². The number of rotatable bonds is 3. The molecule has 1 fully saturated rings. The lowest BCUT2D eigenvalue weighted by Gasteiger charge is -2.20. The summed E-state index contributed by atoms with van der Waals surface area (Å²) < 4.78 is 11.2. The van der Waals surface area contributed by atoms with Crippen LogP contribution in [0.25, 0.3) is 0 Å². The summed E-state index contributed by atoms with van der Waals surface area (Å²) >= 11 is 0. The standard InChI is InChI=1S/C16H19N3O2/c1-2-6-14-12(5-1)13(10-20-14)16-18-15(19-21-16)8-11-4-3-7-17-9-11/h1-2,5-6,11,13,17H,3-4,7-10H2. The molecule has 0 bridgehead atoms. The van der Waals surface area contributed by atoms with Crippen molar-refractivity contribution in [1.82, 2.24) is 15.5 Å². The van der Waals surface area contributed by atoms with E-state index in [0.29, 0.717) is 18.4 Å². The molecule has 2 aliphatic heterocycles. The fraction of sp³-hybridized carbons (Fsp3) is 0.500. The zero-order valence-electron chi connectivity index (χ0n) is 11.9. The summed E-state index contributed by atoms with van der Waals surface area (Å²) in [7, 11) is 0. The molecule has 1 aromatic heterocycles. The van der Waals surface area contributed by atoms with E-state index in [1.165, 1.54) is 12.8 Å². The minimum Gasteiger partial charge on any atom is -0.492 e. The molecule has 2 aliphatic rings. The quantitative estimate of drug-likeness (QED) is 0.936. The van der Waals surface area contributed by atoms with Crippen LogP contribution in [-0.4, -0.2) is 29.8 Å². The molecular formula is C16H19N3O2. The van der Waals surface area contributed by atoms with Crippen molar-refractivity contribution < 1.29 is 9.26 Å². The van der Waals surface area contributed by atoms with E-state index in [-0.39, 0.29) is 5.92 Å². The van der Waals surface area contributed by atoms with Crippen molar-refractivity contribution in [1.29, 1.82) is 0 Å². The lowest BCUT2D eigenvalue weighted by Crippen LogP contribution is -2.31. The predicted octanol–water partition coefficient (Wildman–Crippen LogP) is 2.14. The van der Waals surface area contributed by atoms with Crippen molar-refractivity contribution in [3.05, 3.63) is 41.5 Å². The van der Waals surface area contributed by atoms with Gasteiger partial charge in [-0.15, -0.1) is 0 Å². The van der Waals surface area contributed by atoms with Crippen LogP contribution in [0.15, 0.2) is 28.8 Å². The summed E-state index contributed by atoms with van der Waals surface area (Å²) in [4.78, 5) is 4.60. The van der Waals surface area contributed by atoms with Gasteiger partial charge in [-0.05, 0) is 37.9 Å². The highest BCUT2D eigenvalue weighted by Gasteiger charge is 2.30. The van der Waals surface area contributed by atoms with E-state index in [2.05, 4.69) is 21.5 Å². The Morgan fingerprint density at radius 2 is 2.24 bits per heavy atom. The van der Waals surface area contributed by atoms with E-state index in [4.69, 9.17) is 9.26 Å². The molecular weight excluding hydrogens is 266 g/mol. The maximum atomic E-state index is 5.69. The highest BCUT2D eigenvalue weighted by atomic mass is 16.5. The van der Waals surface area contributed by atoms with E-state index in [1.807, 2.05) is 18.2 Å². The van der Waals surface area contributed by atoms with Crippen LogP contribution in [0.2, 0.25) is 0 Å². The zero-order chi connectivity index (χ0) is 14.1. The van der Waals surface area contributed by atoms with Crippen LogP contribution >= 0.6 is 0 Å². The molecule has 5 heteroatoms. The Hall–Kier alpha value is -1.88. The van der Waals surface area contributed by atoms with Gasteiger partial charge in [0.25, 0.3) is 0 Å². The van der Waals surface area contributed by atoms with Gasteiger partial charge in [0.1, 0.15) is 18.3 Å². The smallest absolute Gasteiger partial charge is 0.237 e.